The Morgan fingerprint density at radius 3 is 2.54 bits per heavy atom. The topological polar surface area (TPSA) is 93.4 Å². The molecule has 28 heavy (non-hydrogen) atoms. The molecule has 2 aromatic heterocycles. The largest absolute Gasteiger partial charge is 0.368 e. The smallest absolute Gasteiger partial charge is 0.222 e. The highest BCUT2D eigenvalue weighted by Crippen LogP contribution is 2.28. The fourth-order valence-corrected chi connectivity index (χ4v) is 3.80. The molecule has 0 aliphatic carbocycles. The van der Waals surface area contributed by atoms with Gasteiger partial charge in [-0.2, -0.15) is 15.3 Å². The van der Waals surface area contributed by atoms with Crippen molar-refractivity contribution in [2.45, 2.75) is 20.4 Å². The van der Waals surface area contributed by atoms with Crippen molar-refractivity contribution >= 4 is 31.5 Å². The number of aryl methyl sites for hydroxylation is 2. The van der Waals surface area contributed by atoms with Crippen molar-refractivity contribution in [3.63, 3.8) is 0 Å². The third kappa shape index (κ3) is 3.00. The number of benzene rings is 2. The summed E-state index contributed by atoms with van der Waals surface area (Å²) in [5, 5.41) is 15.5. The first-order valence-corrected chi connectivity index (χ1v) is 9.40. The van der Waals surface area contributed by atoms with Crippen molar-refractivity contribution in [3.05, 3.63) is 64.8 Å². The third-order valence-electron chi connectivity index (χ3n) is 4.95. The zero-order valence-corrected chi connectivity index (χ0v) is 16.8. The van der Waals surface area contributed by atoms with Gasteiger partial charge in [-0.3, -0.25) is 0 Å². The van der Waals surface area contributed by atoms with Crippen molar-refractivity contribution < 1.29 is 0 Å². The molecule has 4 rings (SSSR count). The van der Waals surface area contributed by atoms with Gasteiger partial charge in [0.1, 0.15) is 0 Å². The summed E-state index contributed by atoms with van der Waals surface area (Å²) in [5.74, 6) is 0.178. The number of rotatable bonds is 3. The number of anilines is 1. The van der Waals surface area contributed by atoms with Gasteiger partial charge in [-0.1, -0.05) is 30.3 Å². The Hall–Kier alpha value is -3.29. The molecule has 0 saturated heterocycles. The molecule has 0 bridgehead atoms. The van der Waals surface area contributed by atoms with E-state index in [1.165, 1.54) is 16.7 Å². The highest BCUT2D eigenvalue weighted by molar-refractivity contribution is 7.28. The summed E-state index contributed by atoms with van der Waals surface area (Å²) < 4.78 is 1.85. The van der Waals surface area contributed by atoms with Crippen molar-refractivity contribution in [2.24, 2.45) is 0 Å². The SMILES string of the molecule is Cc1cccc(C)c1Cn1ncc2c(-c3cccc(C#N)c3P)nc(N)nc21. The predicted octanol–water partition coefficient (Wildman–Crippen LogP) is 3.11. The van der Waals surface area contributed by atoms with Crippen LogP contribution >= 0.6 is 9.24 Å². The molecule has 6 nitrogen and oxygen atoms in total. The van der Waals surface area contributed by atoms with Crippen LogP contribution in [-0.4, -0.2) is 19.7 Å². The van der Waals surface area contributed by atoms with Crippen LogP contribution in [0.1, 0.15) is 22.3 Å². The molecule has 1 atom stereocenters. The van der Waals surface area contributed by atoms with Crippen molar-refractivity contribution in [2.75, 3.05) is 5.73 Å². The van der Waals surface area contributed by atoms with Crippen molar-refractivity contribution in [1.29, 1.82) is 5.26 Å². The van der Waals surface area contributed by atoms with Gasteiger partial charge in [-0.15, -0.1) is 9.24 Å². The van der Waals surface area contributed by atoms with Crippen molar-refractivity contribution in [3.8, 4) is 17.3 Å². The number of nitrogen functional groups attached to an aromatic ring is 1. The van der Waals surface area contributed by atoms with E-state index in [-0.39, 0.29) is 5.95 Å². The molecule has 138 valence electrons. The average Bonchev–Trinajstić information content (AvgIpc) is 3.07. The highest BCUT2D eigenvalue weighted by Gasteiger charge is 2.17. The summed E-state index contributed by atoms with van der Waals surface area (Å²) in [7, 11) is 2.63. The van der Waals surface area contributed by atoms with Gasteiger partial charge in [-0.25, -0.2) is 9.67 Å². The van der Waals surface area contributed by atoms with Crippen LogP contribution in [0.15, 0.2) is 42.6 Å². The van der Waals surface area contributed by atoms with E-state index in [1.54, 1.807) is 12.3 Å². The Kier molecular flexibility index (Phi) is 4.54. The first kappa shape index (κ1) is 18.1. The predicted molar refractivity (Wildman–Crippen MR) is 114 cm³/mol. The summed E-state index contributed by atoms with van der Waals surface area (Å²) in [6, 6.07) is 14.0. The van der Waals surface area contributed by atoms with Gasteiger partial charge in [0.25, 0.3) is 0 Å². The van der Waals surface area contributed by atoms with Gasteiger partial charge < -0.3 is 5.73 Å². The van der Waals surface area contributed by atoms with E-state index in [4.69, 9.17) is 5.73 Å². The maximum Gasteiger partial charge on any atom is 0.222 e. The standard InChI is InChI=1S/C21H19N6P/c1-12-5-3-6-13(2)17(12)11-27-20-16(10-24-27)18(25-21(23)26-20)15-8-4-7-14(9-22)19(15)28/h3-8,10H,11,28H2,1-2H3,(H2,23,25,26). The van der Waals surface area contributed by atoms with Gasteiger partial charge >= 0.3 is 0 Å². The van der Waals surface area contributed by atoms with Crippen LogP contribution < -0.4 is 11.0 Å². The normalized spacial score (nSPS) is 10.9. The van der Waals surface area contributed by atoms with Crippen LogP contribution in [-0.2, 0) is 6.54 Å². The van der Waals surface area contributed by atoms with Crippen molar-refractivity contribution in [1.82, 2.24) is 19.7 Å². The average molecular weight is 386 g/mol. The second kappa shape index (κ2) is 7.03. The molecule has 0 fully saturated rings. The van der Waals surface area contributed by atoms with Crippen LogP contribution in [0.4, 0.5) is 5.95 Å². The zero-order chi connectivity index (χ0) is 19.8. The Balaban J connectivity index is 1.90. The molecule has 0 spiro atoms. The minimum atomic E-state index is 0.178. The number of fused-ring (bicyclic) bond motifs is 1. The number of hydrogen-bond donors (Lipinski definition) is 1. The molecular weight excluding hydrogens is 367 g/mol. The first-order valence-electron chi connectivity index (χ1n) is 8.82. The van der Waals surface area contributed by atoms with E-state index in [0.29, 0.717) is 23.4 Å². The van der Waals surface area contributed by atoms with Gasteiger partial charge in [0.05, 0.1) is 35.5 Å². The number of nitrogens with zero attached hydrogens (tertiary/aromatic N) is 5. The van der Waals surface area contributed by atoms with E-state index in [9.17, 15) is 5.26 Å². The van der Waals surface area contributed by atoms with Gasteiger partial charge in [0.2, 0.25) is 5.95 Å². The molecule has 1 unspecified atom stereocenters. The summed E-state index contributed by atoms with van der Waals surface area (Å²) in [5.41, 5.74) is 12.4. The zero-order valence-electron chi connectivity index (χ0n) is 15.6. The summed E-state index contributed by atoms with van der Waals surface area (Å²) in [6.07, 6.45) is 1.76. The van der Waals surface area contributed by atoms with Gasteiger partial charge in [-0.05, 0) is 41.9 Å². The molecule has 2 aromatic carbocycles. The summed E-state index contributed by atoms with van der Waals surface area (Å²) in [6.45, 7) is 4.79. The fourth-order valence-electron chi connectivity index (χ4n) is 3.41. The molecule has 0 radical (unpaired) electrons. The minimum absolute atomic E-state index is 0.178. The second-order valence-corrected chi connectivity index (χ2v) is 7.30. The quantitative estimate of drug-likeness (QED) is 0.546. The third-order valence-corrected chi connectivity index (χ3v) is 5.57. The minimum Gasteiger partial charge on any atom is -0.368 e. The molecule has 2 heterocycles. The van der Waals surface area contributed by atoms with E-state index < -0.39 is 0 Å². The molecule has 0 saturated carbocycles. The van der Waals surface area contributed by atoms with Crippen LogP contribution in [0.5, 0.6) is 0 Å². The Labute approximate surface area is 165 Å². The maximum absolute atomic E-state index is 9.34. The number of nitrogens with two attached hydrogens (primary N) is 1. The van der Waals surface area contributed by atoms with Gasteiger partial charge in [0, 0.05) is 5.56 Å². The molecule has 0 aliphatic heterocycles. The first-order chi connectivity index (χ1) is 13.5. The Morgan fingerprint density at radius 2 is 1.82 bits per heavy atom. The maximum atomic E-state index is 9.34. The lowest BCUT2D eigenvalue weighted by Crippen LogP contribution is -2.09. The fraction of sp³-hybridized carbons (Fsp3) is 0.143. The molecule has 0 aliphatic rings. The second-order valence-electron chi connectivity index (χ2n) is 6.72. The van der Waals surface area contributed by atoms with E-state index in [2.05, 4.69) is 62.4 Å². The van der Waals surface area contributed by atoms with E-state index in [0.717, 1.165) is 16.3 Å². The lowest BCUT2D eigenvalue weighted by molar-refractivity contribution is 0.698. The molecule has 7 heteroatoms. The molecular formula is C21H19N6P. The van der Waals surface area contributed by atoms with Crippen LogP contribution in [0, 0.1) is 25.2 Å². The monoisotopic (exact) mass is 386 g/mol. The molecule has 4 aromatic rings. The highest BCUT2D eigenvalue weighted by atomic mass is 31.0. The van der Waals surface area contributed by atoms with Crippen LogP contribution in [0.3, 0.4) is 0 Å². The molecule has 2 N–H and O–H groups in total. The van der Waals surface area contributed by atoms with E-state index >= 15 is 0 Å². The number of aromatic nitrogens is 4. The number of hydrogen-bond acceptors (Lipinski definition) is 5. The van der Waals surface area contributed by atoms with E-state index in [1.807, 2.05) is 16.8 Å². The summed E-state index contributed by atoms with van der Waals surface area (Å²) in [4.78, 5) is 8.90. The lowest BCUT2D eigenvalue weighted by atomic mass is 10.0. The number of nitriles is 1. The van der Waals surface area contributed by atoms with Crippen LogP contribution in [0.25, 0.3) is 22.3 Å². The Bertz CT molecular complexity index is 1230. The van der Waals surface area contributed by atoms with Crippen LogP contribution in [0.2, 0.25) is 0 Å². The van der Waals surface area contributed by atoms with Gasteiger partial charge in [0.15, 0.2) is 5.65 Å². The Morgan fingerprint density at radius 1 is 1.11 bits per heavy atom. The molecule has 0 amide bonds. The lowest BCUT2D eigenvalue weighted by Gasteiger charge is -2.11. The summed E-state index contributed by atoms with van der Waals surface area (Å²) >= 11 is 0.